The van der Waals surface area contributed by atoms with Gasteiger partial charge in [-0.15, -0.1) is 0 Å². The number of amides is 2. The molecule has 2 amide bonds. The number of nitrogens with zero attached hydrogens (tertiary/aromatic N) is 2. The second-order valence-corrected chi connectivity index (χ2v) is 8.41. The van der Waals surface area contributed by atoms with Crippen LogP contribution in [-0.2, 0) is 4.79 Å². The van der Waals surface area contributed by atoms with E-state index in [1.54, 1.807) is 11.9 Å². The van der Waals surface area contributed by atoms with E-state index in [9.17, 15) is 9.59 Å². The molecule has 162 valence electrons. The Morgan fingerprint density at radius 3 is 2.65 bits per heavy atom. The third-order valence-electron chi connectivity index (χ3n) is 5.57. The summed E-state index contributed by atoms with van der Waals surface area (Å²) in [6, 6.07) is 13.6. The molecule has 0 saturated heterocycles. The average Bonchev–Trinajstić information content (AvgIpc) is 3.49. The fourth-order valence-corrected chi connectivity index (χ4v) is 3.67. The molecule has 1 aliphatic heterocycles. The van der Waals surface area contributed by atoms with Crippen molar-refractivity contribution in [3.05, 3.63) is 53.6 Å². The van der Waals surface area contributed by atoms with Crippen molar-refractivity contribution in [2.24, 2.45) is 10.9 Å². The van der Waals surface area contributed by atoms with Crippen LogP contribution in [0, 0.1) is 5.92 Å². The minimum atomic E-state index is -0.155. The van der Waals surface area contributed by atoms with Gasteiger partial charge < -0.3 is 15.5 Å². The van der Waals surface area contributed by atoms with E-state index in [0.29, 0.717) is 24.0 Å². The van der Waals surface area contributed by atoms with E-state index in [4.69, 9.17) is 0 Å². The number of carbonyl (C=O) groups excluding carboxylic acids is 2. The van der Waals surface area contributed by atoms with Gasteiger partial charge in [-0.3, -0.25) is 19.9 Å². The Labute approximate surface area is 182 Å². The Morgan fingerprint density at radius 2 is 1.97 bits per heavy atom. The van der Waals surface area contributed by atoms with Gasteiger partial charge in [0.2, 0.25) is 5.91 Å². The molecule has 0 aromatic heterocycles. The summed E-state index contributed by atoms with van der Waals surface area (Å²) in [4.78, 5) is 30.9. The van der Waals surface area contributed by atoms with Gasteiger partial charge in [-0.25, -0.2) is 0 Å². The van der Waals surface area contributed by atoms with Crippen molar-refractivity contribution >= 4 is 34.8 Å². The van der Waals surface area contributed by atoms with E-state index in [0.717, 1.165) is 42.0 Å². The Morgan fingerprint density at radius 1 is 1.16 bits per heavy atom. The molecular weight excluding hydrogens is 390 g/mol. The monoisotopic (exact) mass is 419 g/mol. The molecule has 3 N–H and O–H groups in total. The maximum atomic E-state index is 12.6. The van der Waals surface area contributed by atoms with Crippen LogP contribution in [0.2, 0.25) is 0 Å². The van der Waals surface area contributed by atoms with Gasteiger partial charge in [-0.2, -0.15) is 0 Å². The molecule has 0 radical (unpaired) electrons. The van der Waals surface area contributed by atoms with Crippen molar-refractivity contribution in [2.45, 2.75) is 32.6 Å². The lowest BCUT2D eigenvalue weighted by Gasteiger charge is -2.21. The molecule has 0 atom stereocenters. The first-order chi connectivity index (χ1) is 14.9. The van der Waals surface area contributed by atoms with Gasteiger partial charge >= 0.3 is 0 Å². The lowest BCUT2D eigenvalue weighted by atomic mass is 10.0. The Balaban J connectivity index is 1.54. The molecule has 1 saturated carbocycles. The highest BCUT2D eigenvalue weighted by molar-refractivity contribution is 6.06. The Kier molecular flexibility index (Phi) is 5.93. The largest absolute Gasteiger partial charge is 0.355 e. The predicted molar refractivity (Wildman–Crippen MR) is 124 cm³/mol. The number of anilines is 3. The van der Waals surface area contributed by atoms with E-state index in [1.165, 1.54) is 0 Å². The van der Waals surface area contributed by atoms with Crippen molar-refractivity contribution in [1.82, 2.24) is 10.6 Å². The SMILES string of the molecule is CC(C)C(=O)N(C)c1cccc(Nc2ccc(C(=O)NC3=NCCN3)cc2C2CC2)c1. The van der Waals surface area contributed by atoms with Crippen molar-refractivity contribution < 1.29 is 9.59 Å². The normalized spacial score (nSPS) is 15.3. The number of hydrogen-bond acceptors (Lipinski definition) is 5. The first kappa shape index (κ1) is 20.9. The zero-order valence-corrected chi connectivity index (χ0v) is 18.2. The summed E-state index contributed by atoms with van der Waals surface area (Å²) in [7, 11) is 1.80. The molecule has 2 aromatic rings. The second-order valence-electron chi connectivity index (χ2n) is 8.41. The van der Waals surface area contributed by atoms with Gasteiger partial charge in [-0.1, -0.05) is 19.9 Å². The number of rotatable bonds is 6. The van der Waals surface area contributed by atoms with Crippen LogP contribution in [0.1, 0.15) is 48.5 Å². The highest BCUT2D eigenvalue weighted by Gasteiger charge is 2.27. The van der Waals surface area contributed by atoms with Crippen LogP contribution in [0.4, 0.5) is 17.1 Å². The number of benzene rings is 2. The van der Waals surface area contributed by atoms with Crippen LogP contribution in [0.15, 0.2) is 47.5 Å². The van der Waals surface area contributed by atoms with Gasteiger partial charge in [0, 0.05) is 42.1 Å². The van der Waals surface area contributed by atoms with Gasteiger partial charge in [0.05, 0.1) is 6.54 Å². The molecule has 0 spiro atoms. The zero-order valence-electron chi connectivity index (χ0n) is 18.2. The molecular formula is C24H29N5O2. The van der Waals surface area contributed by atoms with Crippen LogP contribution in [0.25, 0.3) is 0 Å². The fourth-order valence-electron chi connectivity index (χ4n) is 3.67. The van der Waals surface area contributed by atoms with Crippen molar-refractivity contribution in [3.8, 4) is 0 Å². The molecule has 1 heterocycles. The van der Waals surface area contributed by atoms with Crippen molar-refractivity contribution in [2.75, 3.05) is 30.4 Å². The molecule has 7 nitrogen and oxygen atoms in total. The molecule has 4 rings (SSSR count). The summed E-state index contributed by atoms with van der Waals surface area (Å²) in [6.45, 7) is 5.23. The molecule has 0 bridgehead atoms. The summed E-state index contributed by atoms with van der Waals surface area (Å²) in [5.41, 5.74) is 4.51. The highest BCUT2D eigenvalue weighted by atomic mass is 16.2. The van der Waals surface area contributed by atoms with Gasteiger partial charge in [-0.05, 0) is 60.7 Å². The first-order valence-corrected chi connectivity index (χ1v) is 10.8. The number of carbonyl (C=O) groups is 2. The number of hydrogen-bond donors (Lipinski definition) is 3. The zero-order chi connectivity index (χ0) is 22.0. The summed E-state index contributed by atoms with van der Waals surface area (Å²) in [6.07, 6.45) is 2.25. The number of aliphatic imine (C=N–C) groups is 1. The minimum absolute atomic E-state index is 0.0628. The van der Waals surface area contributed by atoms with Crippen molar-refractivity contribution in [3.63, 3.8) is 0 Å². The lowest BCUT2D eigenvalue weighted by molar-refractivity contribution is -0.121. The van der Waals surface area contributed by atoms with E-state index >= 15 is 0 Å². The summed E-state index contributed by atoms with van der Waals surface area (Å²) in [5, 5.41) is 9.38. The average molecular weight is 420 g/mol. The van der Waals surface area contributed by atoms with E-state index < -0.39 is 0 Å². The smallest absolute Gasteiger partial charge is 0.257 e. The Hall–Kier alpha value is -3.35. The van der Waals surface area contributed by atoms with E-state index in [-0.39, 0.29) is 17.7 Å². The third-order valence-corrected chi connectivity index (χ3v) is 5.57. The first-order valence-electron chi connectivity index (χ1n) is 10.8. The summed E-state index contributed by atoms with van der Waals surface area (Å²) in [5.74, 6) is 0.861. The lowest BCUT2D eigenvalue weighted by Crippen LogP contribution is -2.38. The quantitative estimate of drug-likeness (QED) is 0.668. The predicted octanol–water partition coefficient (Wildman–Crippen LogP) is 3.62. The number of guanidine groups is 1. The van der Waals surface area contributed by atoms with Crippen LogP contribution in [-0.4, -0.2) is 37.9 Å². The molecule has 7 heteroatoms. The van der Waals surface area contributed by atoms with Crippen LogP contribution >= 0.6 is 0 Å². The third kappa shape index (κ3) is 4.87. The van der Waals surface area contributed by atoms with Crippen LogP contribution < -0.4 is 20.9 Å². The Bertz CT molecular complexity index is 1030. The van der Waals surface area contributed by atoms with Gasteiger partial charge in [0.15, 0.2) is 5.96 Å². The molecule has 2 aromatic carbocycles. The standard InChI is InChI=1S/C24H29N5O2/c1-15(2)23(31)29(3)19-6-4-5-18(14-19)27-21-10-9-17(13-20(21)16-7-8-16)22(30)28-24-25-11-12-26-24/h4-6,9-10,13-16,27H,7-8,11-12H2,1-3H3,(H2,25,26,28,30). The summed E-state index contributed by atoms with van der Waals surface area (Å²) >= 11 is 0. The second kappa shape index (κ2) is 8.79. The molecule has 31 heavy (non-hydrogen) atoms. The molecule has 0 unspecified atom stereocenters. The minimum Gasteiger partial charge on any atom is -0.355 e. The summed E-state index contributed by atoms with van der Waals surface area (Å²) < 4.78 is 0. The molecule has 2 aliphatic rings. The van der Waals surface area contributed by atoms with E-state index in [1.807, 2.05) is 56.3 Å². The molecule has 1 aliphatic carbocycles. The van der Waals surface area contributed by atoms with Gasteiger partial charge in [0.25, 0.3) is 5.91 Å². The van der Waals surface area contributed by atoms with Crippen LogP contribution in [0.3, 0.4) is 0 Å². The maximum absolute atomic E-state index is 12.6. The highest BCUT2D eigenvalue weighted by Crippen LogP contribution is 2.44. The fraction of sp³-hybridized carbons (Fsp3) is 0.375. The topological polar surface area (TPSA) is 85.8 Å². The molecule has 1 fully saturated rings. The van der Waals surface area contributed by atoms with Crippen molar-refractivity contribution in [1.29, 1.82) is 0 Å². The van der Waals surface area contributed by atoms with Crippen LogP contribution in [0.5, 0.6) is 0 Å². The van der Waals surface area contributed by atoms with Gasteiger partial charge in [0.1, 0.15) is 0 Å². The van der Waals surface area contributed by atoms with E-state index in [2.05, 4.69) is 20.9 Å². The number of nitrogens with one attached hydrogen (secondary N) is 3. The maximum Gasteiger partial charge on any atom is 0.257 e.